The van der Waals surface area contributed by atoms with Crippen LogP contribution < -0.4 is 15.5 Å². The number of primary amides is 1. The largest absolute Gasteiger partial charge is 0.507 e. The summed E-state index contributed by atoms with van der Waals surface area (Å²) in [5.41, 5.74) is 6.87. The van der Waals surface area contributed by atoms with E-state index in [0.717, 1.165) is 34.7 Å². The second-order valence-electron chi connectivity index (χ2n) is 8.46. The summed E-state index contributed by atoms with van der Waals surface area (Å²) in [6, 6.07) is 8.66. The number of amides is 1. The number of alkyl halides is 3. The van der Waals surface area contributed by atoms with Crippen molar-refractivity contribution >= 4 is 28.4 Å². The molecule has 1 fully saturated rings. The predicted octanol–water partition coefficient (Wildman–Crippen LogP) is 3.02. The molecule has 3 aromatic heterocycles. The Morgan fingerprint density at radius 3 is 2.39 bits per heavy atom. The molecule has 4 heterocycles. The number of halogens is 3. The zero-order valence-corrected chi connectivity index (χ0v) is 19.0. The van der Waals surface area contributed by atoms with E-state index < -0.39 is 17.8 Å². The first kappa shape index (κ1) is 23.4. The minimum absolute atomic E-state index is 0.0675. The Labute approximate surface area is 203 Å². The summed E-state index contributed by atoms with van der Waals surface area (Å²) in [6.07, 6.45) is 1.06. The smallest absolute Gasteiger partial charge is 0.434 e. The van der Waals surface area contributed by atoms with Gasteiger partial charge in [0.2, 0.25) is 0 Å². The van der Waals surface area contributed by atoms with Gasteiger partial charge in [0.25, 0.3) is 5.91 Å². The van der Waals surface area contributed by atoms with Crippen LogP contribution in [0.2, 0.25) is 0 Å². The Morgan fingerprint density at radius 1 is 1.00 bits per heavy atom. The summed E-state index contributed by atoms with van der Waals surface area (Å²) < 4.78 is 40.2. The molecule has 0 bridgehead atoms. The highest BCUT2D eigenvalue weighted by molar-refractivity contribution is 5.95. The van der Waals surface area contributed by atoms with Crippen molar-refractivity contribution in [2.75, 3.05) is 36.0 Å². The molecule has 0 saturated carbocycles. The molecular formula is C24H22F3N7O2. The lowest BCUT2D eigenvalue weighted by Crippen LogP contribution is -2.47. The minimum atomic E-state index is -4.51. The Morgan fingerprint density at radius 2 is 1.75 bits per heavy atom. The third kappa shape index (κ3) is 4.49. The molecule has 1 aromatic carbocycles. The van der Waals surface area contributed by atoms with Gasteiger partial charge in [0.05, 0.1) is 18.0 Å². The first-order valence-electron chi connectivity index (χ1n) is 11.2. The number of hydrogen-bond acceptors (Lipinski definition) is 7. The number of nitrogens with two attached hydrogens (primary N) is 1. The molecule has 186 valence electrons. The number of phenols is 1. The molecule has 0 spiro atoms. The summed E-state index contributed by atoms with van der Waals surface area (Å²) in [5.74, 6) is -0.442. The van der Waals surface area contributed by atoms with Gasteiger partial charge in [-0.15, -0.1) is 0 Å². The molecule has 0 aliphatic carbocycles. The summed E-state index contributed by atoms with van der Waals surface area (Å²) in [7, 11) is 0. The van der Waals surface area contributed by atoms with E-state index in [1.165, 1.54) is 12.1 Å². The molecule has 9 nitrogen and oxygen atoms in total. The van der Waals surface area contributed by atoms with E-state index in [2.05, 4.69) is 19.9 Å². The number of nitrogens with zero attached hydrogens (tertiary/aromatic N) is 6. The van der Waals surface area contributed by atoms with Crippen molar-refractivity contribution in [3.63, 3.8) is 0 Å². The second-order valence-corrected chi connectivity index (χ2v) is 8.46. The standard InChI is InChI=1S/C24H22F3N7O2/c25-24(26,27)20-12-31-21(13-30-20)33-9-7-32(8-10-33)18-3-5-29-23-16(18)4-6-34(23)14-15-1-2-17(22(28)36)19(35)11-15/h1-6,11-13,35H,7-10,14H2,(H2,28,36). The van der Waals surface area contributed by atoms with Crippen LogP contribution in [0.5, 0.6) is 5.75 Å². The third-order valence-electron chi connectivity index (χ3n) is 6.19. The van der Waals surface area contributed by atoms with Gasteiger partial charge in [-0.2, -0.15) is 13.2 Å². The van der Waals surface area contributed by atoms with Gasteiger partial charge >= 0.3 is 6.18 Å². The van der Waals surface area contributed by atoms with Gasteiger partial charge in [-0.1, -0.05) is 6.07 Å². The van der Waals surface area contributed by atoms with E-state index in [4.69, 9.17) is 5.73 Å². The molecule has 0 radical (unpaired) electrons. The zero-order chi connectivity index (χ0) is 25.4. The van der Waals surface area contributed by atoms with Crippen molar-refractivity contribution in [2.24, 2.45) is 5.73 Å². The van der Waals surface area contributed by atoms with E-state index in [1.54, 1.807) is 12.3 Å². The van der Waals surface area contributed by atoms with Crippen molar-refractivity contribution in [3.05, 3.63) is 71.9 Å². The second kappa shape index (κ2) is 9.02. The molecule has 5 rings (SSSR count). The maximum atomic E-state index is 12.8. The number of carbonyl (C=O) groups is 1. The molecule has 4 aromatic rings. The van der Waals surface area contributed by atoms with Crippen LogP contribution in [0, 0.1) is 0 Å². The van der Waals surface area contributed by atoms with Gasteiger partial charge in [-0.25, -0.2) is 15.0 Å². The number of piperazine rings is 1. The van der Waals surface area contributed by atoms with Crippen LogP contribution in [0.25, 0.3) is 11.0 Å². The Bertz CT molecular complexity index is 1410. The molecule has 1 aliphatic rings. The third-order valence-corrected chi connectivity index (χ3v) is 6.19. The number of fused-ring (bicyclic) bond motifs is 1. The summed E-state index contributed by atoms with van der Waals surface area (Å²) >= 11 is 0. The van der Waals surface area contributed by atoms with Gasteiger partial charge in [-0.3, -0.25) is 4.79 Å². The van der Waals surface area contributed by atoms with Crippen molar-refractivity contribution in [1.29, 1.82) is 0 Å². The van der Waals surface area contributed by atoms with E-state index in [1.807, 2.05) is 27.8 Å². The van der Waals surface area contributed by atoms with E-state index >= 15 is 0 Å². The molecular weight excluding hydrogens is 475 g/mol. The van der Waals surface area contributed by atoms with Crippen molar-refractivity contribution < 1.29 is 23.1 Å². The lowest BCUT2D eigenvalue weighted by Gasteiger charge is -2.36. The van der Waals surface area contributed by atoms with Crippen molar-refractivity contribution in [3.8, 4) is 5.75 Å². The summed E-state index contributed by atoms with van der Waals surface area (Å²) in [5, 5.41) is 11.0. The minimum Gasteiger partial charge on any atom is -0.507 e. The molecule has 12 heteroatoms. The fourth-order valence-electron chi connectivity index (χ4n) is 4.37. The van der Waals surface area contributed by atoms with Crippen LogP contribution in [0.15, 0.2) is 55.1 Å². The number of aromatic hydroxyl groups is 1. The van der Waals surface area contributed by atoms with Crippen LogP contribution in [0.1, 0.15) is 21.6 Å². The Kier molecular flexibility index (Phi) is 5.86. The van der Waals surface area contributed by atoms with Crippen molar-refractivity contribution in [2.45, 2.75) is 12.7 Å². The fraction of sp³-hybridized carbons (Fsp3) is 0.250. The van der Waals surface area contributed by atoms with Crippen LogP contribution in [0.4, 0.5) is 24.7 Å². The first-order valence-corrected chi connectivity index (χ1v) is 11.2. The van der Waals surface area contributed by atoms with Gasteiger partial charge in [-0.05, 0) is 29.8 Å². The number of benzene rings is 1. The van der Waals surface area contributed by atoms with Crippen LogP contribution in [-0.4, -0.2) is 56.7 Å². The molecule has 0 atom stereocenters. The monoisotopic (exact) mass is 497 g/mol. The Hall–Kier alpha value is -4.35. The number of rotatable bonds is 5. The van der Waals surface area contributed by atoms with Gasteiger partial charge in [0, 0.05) is 56.2 Å². The van der Waals surface area contributed by atoms with E-state index in [0.29, 0.717) is 38.5 Å². The first-order chi connectivity index (χ1) is 17.2. The lowest BCUT2D eigenvalue weighted by molar-refractivity contribution is -0.141. The van der Waals surface area contributed by atoms with Gasteiger partial charge in [0.1, 0.15) is 17.2 Å². The zero-order valence-electron chi connectivity index (χ0n) is 19.0. The van der Waals surface area contributed by atoms with Gasteiger partial charge in [0.15, 0.2) is 5.69 Å². The van der Waals surface area contributed by atoms with E-state index in [9.17, 15) is 23.1 Å². The number of hydrogen-bond donors (Lipinski definition) is 2. The molecule has 1 saturated heterocycles. The lowest BCUT2D eigenvalue weighted by atomic mass is 10.1. The molecule has 36 heavy (non-hydrogen) atoms. The summed E-state index contributed by atoms with van der Waals surface area (Å²) in [6.45, 7) is 2.89. The maximum absolute atomic E-state index is 12.8. The number of carbonyl (C=O) groups excluding carboxylic acids is 1. The maximum Gasteiger partial charge on any atom is 0.434 e. The highest BCUT2D eigenvalue weighted by Gasteiger charge is 2.33. The van der Waals surface area contributed by atoms with E-state index in [-0.39, 0.29) is 11.3 Å². The average Bonchev–Trinajstić information content (AvgIpc) is 3.26. The summed E-state index contributed by atoms with van der Waals surface area (Å²) in [4.78, 5) is 27.5. The molecule has 1 amide bonds. The highest BCUT2D eigenvalue weighted by Crippen LogP contribution is 2.30. The molecule has 0 unspecified atom stereocenters. The van der Waals surface area contributed by atoms with Crippen LogP contribution in [0.3, 0.4) is 0 Å². The van der Waals surface area contributed by atoms with Crippen LogP contribution in [-0.2, 0) is 12.7 Å². The Balaban J connectivity index is 1.31. The number of anilines is 2. The normalized spacial score (nSPS) is 14.4. The van der Waals surface area contributed by atoms with Crippen molar-refractivity contribution in [1.82, 2.24) is 19.5 Å². The van der Waals surface area contributed by atoms with Crippen LogP contribution >= 0.6 is 0 Å². The van der Waals surface area contributed by atoms with Gasteiger partial charge < -0.3 is 25.2 Å². The predicted molar refractivity (Wildman–Crippen MR) is 127 cm³/mol. The number of aromatic nitrogens is 4. The molecule has 1 aliphatic heterocycles. The SMILES string of the molecule is NC(=O)c1ccc(Cn2ccc3c(N4CCN(c5cnc(C(F)(F)F)cn5)CC4)ccnc32)cc1O. The highest BCUT2D eigenvalue weighted by atomic mass is 19.4. The quantitative estimate of drug-likeness (QED) is 0.436. The topological polar surface area (TPSA) is 113 Å². The fourth-order valence-corrected chi connectivity index (χ4v) is 4.37. The number of pyridine rings is 1. The average molecular weight is 497 g/mol. The molecule has 3 N–H and O–H groups in total.